The van der Waals surface area contributed by atoms with E-state index in [1.807, 2.05) is 60.7 Å². The van der Waals surface area contributed by atoms with Crippen molar-refractivity contribution in [2.24, 2.45) is 0 Å². The zero-order valence-corrected chi connectivity index (χ0v) is 14.7. The Morgan fingerprint density at radius 1 is 0.852 bits per heavy atom. The van der Waals surface area contributed by atoms with Crippen LogP contribution in [0.3, 0.4) is 0 Å². The fourth-order valence-corrected chi connectivity index (χ4v) is 3.39. The van der Waals surface area contributed by atoms with E-state index in [0.717, 1.165) is 33.3 Å². The second-order valence-electron chi connectivity index (χ2n) is 6.35. The largest absolute Gasteiger partial charge is 0.481 e. The third-order valence-corrected chi connectivity index (χ3v) is 4.60. The molecular weight excluding hydrogens is 334 g/mol. The number of hydrogen-bond acceptors (Lipinski definition) is 1. The molecule has 0 saturated heterocycles. The standard InChI is InChI=1S/C24H19NO2/c26-24(27)16-15-20(18-9-3-1-4-10-18)22-17-25(19-11-5-2-6-12-19)23-14-8-7-13-21(22)23/h1-15,17H,16H2,(H,26,27)/b20-15+. The zero-order valence-electron chi connectivity index (χ0n) is 14.7. The first-order chi connectivity index (χ1) is 13.2. The highest BCUT2D eigenvalue weighted by Gasteiger charge is 2.14. The lowest BCUT2D eigenvalue weighted by molar-refractivity contribution is -0.135. The third-order valence-electron chi connectivity index (χ3n) is 4.60. The molecule has 4 rings (SSSR count). The predicted octanol–water partition coefficient (Wildman–Crippen LogP) is 5.54. The average Bonchev–Trinajstić information content (AvgIpc) is 3.09. The number of benzene rings is 3. The van der Waals surface area contributed by atoms with Crippen molar-refractivity contribution in [3.63, 3.8) is 0 Å². The van der Waals surface area contributed by atoms with Gasteiger partial charge >= 0.3 is 5.97 Å². The number of carboxylic acids is 1. The lowest BCUT2D eigenvalue weighted by atomic mass is 9.96. The molecular formula is C24H19NO2. The second-order valence-corrected chi connectivity index (χ2v) is 6.35. The van der Waals surface area contributed by atoms with Crippen molar-refractivity contribution < 1.29 is 9.90 Å². The van der Waals surface area contributed by atoms with E-state index < -0.39 is 5.97 Å². The smallest absolute Gasteiger partial charge is 0.307 e. The van der Waals surface area contributed by atoms with Gasteiger partial charge in [0.2, 0.25) is 0 Å². The summed E-state index contributed by atoms with van der Waals surface area (Å²) in [7, 11) is 0. The SMILES string of the molecule is O=C(O)C/C=C(\c1ccccc1)c1cn(-c2ccccc2)c2ccccc12. The van der Waals surface area contributed by atoms with Crippen molar-refractivity contribution in [2.45, 2.75) is 6.42 Å². The lowest BCUT2D eigenvalue weighted by Crippen LogP contribution is -1.94. The highest BCUT2D eigenvalue weighted by Crippen LogP contribution is 2.33. The third kappa shape index (κ3) is 3.40. The normalized spacial score (nSPS) is 11.6. The van der Waals surface area contributed by atoms with Crippen LogP contribution in [0.5, 0.6) is 0 Å². The number of para-hydroxylation sites is 2. The van der Waals surface area contributed by atoms with Crippen LogP contribution in [0.15, 0.2) is 97.2 Å². The molecule has 0 aliphatic rings. The van der Waals surface area contributed by atoms with Crippen molar-refractivity contribution >= 4 is 22.4 Å². The fourth-order valence-electron chi connectivity index (χ4n) is 3.39. The molecule has 27 heavy (non-hydrogen) atoms. The molecule has 0 saturated carbocycles. The van der Waals surface area contributed by atoms with E-state index >= 15 is 0 Å². The van der Waals surface area contributed by atoms with E-state index in [0.29, 0.717) is 0 Å². The minimum Gasteiger partial charge on any atom is -0.481 e. The Hall–Kier alpha value is -3.59. The van der Waals surface area contributed by atoms with Gasteiger partial charge in [-0.2, -0.15) is 0 Å². The van der Waals surface area contributed by atoms with E-state index in [1.54, 1.807) is 6.08 Å². The van der Waals surface area contributed by atoms with E-state index in [9.17, 15) is 9.90 Å². The van der Waals surface area contributed by atoms with E-state index in [4.69, 9.17) is 0 Å². The Morgan fingerprint density at radius 2 is 1.48 bits per heavy atom. The molecule has 0 amide bonds. The van der Waals surface area contributed by atoms with Crippen molar-refractivity contribution in [3.8, 4) is 5.69 Å². The monoisotopic (exact) mass is 353 g/mol. The number of aromatic nitrogens is 1. The van der Waals surface area contributed by atoms with E-state index in [-0.39, 0.29) is 6.42 Å². The maximum absolute atomic E-state index is 11.2. The molecule has 0 spiro atoms. The number of nitrogens with zero attached hydrogens (tertiary/aromatic N) is 1. The molecule has 0 unspecified atom stereocenters. The summed E-state index contributed by atoms with van der Waals surface area (Å²) in [6, 6.07) is 28.3. The summed E-state index contributed by atoms with van der Waals surface area (Å²) in [5.74, 6) is -0.838. The van der Waals surface area contributed by atoms with Crippen LogP contribution in [0.2, 0.25) is 0 Å². The van der Waals surface area contributed by atoms with Gasteiger partial charge in [-0.05, 0) is 29.3 Å². The van der Waals surface area contributed by atoms with Crippen molar-refractivity contribution in [1.82, 2.24) is 4.57 Å². The quantitative estimate of drug-likeness (QED) is 0.512. The van der Waals surface area contributed by atoms with Gasteiger partial charge in [0.15, 0.2) is 0 Å². The molecule has 0 atom stereocenters. The summed E-state index contributed by atoms with van der Waals surface area (Å²) in [6.45, 7) is 0. The molecule has 0 radical (unpaired) electrons. The van der Waals surface area contributed by atoms with Crippen LogP contribution in [0.1, 0.15) is 17.5 Å². The first-order valence-electron chi connectivity index (χ1n) is 8.87. The molecule has 3 aromatic carbocycles. The number of carboxylic acid groups (broad SMARTS) is 1. The maximum atomic E-state index is 11.2. The molecule has 0 aliphatic carbocycles. The van der Waals surface area contributed by atoms with Crippen LogP contribution in [-0.2, 0) is 4.79 Å². The number of rotatable bonds is 5. The number of aliphatic carboxylic acids is 1. The first kappa shape index (κ1) is 16.9. The van der Waals surface area contributed by atoms with Gasteiger partial charge in [0.1, 0.15) is 0 Å². The van der Waals surface area contributed by atoms with Gasteiger partial charge in [-0.3, -0.25) is 4.79 Å². The van der Waals surface area contributed by atoms with Crippen LogP contribution >= 0.6 is 0 Å². The summed E-state index contributed by atoms with van der Waals surface area (Å²) in [4.78, 5) is 11.2. The predicted molar refractivity (Wildman–Crippen MR) is 109 cm³/mol. The van der Waals surface area contributed by atoms with E-state index in [1.165, 1.54) is 0 Å². The number of hydrogen-bond donors (Lipinski definition) is 1. The van der Waals surface area contributed by atoms with Gasteiger partial charge in [0.05, 0.1) is 11.9 Å². The Kier molecular flexibility index (Phi) is 4.58. The molecule has 0 fully saturated rings. The summed E-state index contributed by atoms with van der Waals surface area (Å²) in [5, 5.41) is 10.3. The molecule has 0 bridgehead atoms. The average molecular weight is 353 g/mol. The molecule has 3 heteroatoms. The topological polar surface area (TPSA) is 42.2 Å². The van der Waals surface area contributed by atoms with Crippen LogP contribution in [0.4, 0.5) is 0 Å². The minimum absolute atomic E-state index is 0.0188. The van der Waals surface area contributed by atoms with Gasteiger partial charge < -0.3 is 9.67 Å². The van der Waals surface area contributed by atoms with Crippen molar-refractivity contribution in [1.29, 1.82) is 0 Å². The molecule has 3 nitrogen and oxygen atoms in total. The summed E-state index contributed by atoms with van der Waals surface area (Å²) >= 11 is 0. The van der Waals surface area contributed by atoms with Gasteiger partial charge in [0, 0.05) is 22.8 Å². The Balaban J connectivity index is 1.96. The van der Waals surface area contributed by atoms with Crippen LogP contribution in [0.25, 0.3) is 22.2 Å². The van der Waals surface area contributed by atoms with Gasteiger partial charge in [-0.15, -0.1) is 0 Å². The van der Waals surface area contributed by atoms with Gasteiger partial charge in [-0.25, -0.2) is 0 Å². The summed E-state index contributed by atoms with van der Waals surface area (Å²) in [6.07, 6.45) is 3.88. The van der Waals surface area contributed by atoms with Crippen LogP contribution < -0.4 is 0 Å². The van der Waals surface area contributed by atoms with Gasteiger partial charge in [-0.1, -0.05) is 72.8 Å². The maximum Gasteiger partial charge on any atom is 0.307 e. The van der Waals surface area contributed by atoms with Crippen LogP contribution in [0, 0.1) is 0 Å². The number of carbonyl (C=O) groups is 1. The Bertz CT molecular complexity index is 1110. The fraction of sp³-hybridized carbons (Fsp3) is 0.0417. The van der Waals surface area contributed by atoms with Crippen LogP contribution in [-0.4, -0.2) is 15.6 Å². The van der Waals surface area contributed by atoms with Crippen molar-refractivity contribution in [3.05, 3.63) is 108 Å². The molecule has 1 N–H and O–H groups in total. The molecule has 4 aromatic rings. The molecule has 1 heterocycles. The highest BCUT2D eigenvalue weighted by atomic mass is 16.4. The highest BCUT2D eigenvalue weighted by molar-refractivity contribution is 5.98. The Labute approximate surface area is 157 Å². The van der Waals surface area contributed by atoms with Crippen molar-refractivity contribution in [2.75, 3.05) is 0 Å². The first-order valence-corrected chi connectivity index (χ1v) is 8.87. The zero-order chi connectivity index (χ0) is 18.6. The number of fused-ring (bicyclic) bond motifs is 1. The molecule has 0 aliphatic heterocycles. The van der Waals surface area contributed by atoms with Gasteiger partial charge in [0.25, 0.3) is 0 Å². The molecule has 132 valence electrons. The van der Waals surface area contributed by atoms with E-state index in [2.05, 4.69) is 35.0 Å². The lowest BCUT2D eigenvalue weighted by Gasteiger charge is -2.07. The minimum atomic E-state index is -0.838. The summed E-state index contributed by atoms with van der Waals surface area (Å²) < 4.78 is 2.15. The molecule has 1 aromatic heterocycles. The second kappa shape index (κ2) is 7.34. The summed E-state index contributed by atoms with van der Waals surface area (Å²) in [5.41, 5.74) is 5.14. The Morgan fingerprint density at radius 3 is 2.19 bits per heavy atom.